The minimum atomic E-state index is -3.71. The Morgan fingerprint density at radius 2 is 1.92 bits per heavy atom. The molecular weight excluding hydrogens is 345 g/mol. The average molecular weight is 365 g/mol. The van der Waals surface area contributed by atoms with Crippen molar-refractivity contribution in [3.63, 3.8) is 0 Å². The maximum atomic E-state index is 13.2. The fourth-order valence-electron chi connectivity index (χ4n) is 2.97. The number of ether oxygens (including phenoxy) is 2. The first-order chi connectivity index (χ1) is 11.9. The van der Waals surface area contributed by atoms with Crippen LogP contribution in [-0.4, -0.2) is 39.6 Å². The molecule has 0 spiro atoms. The van der Waals surface area contributed by atoms with Gasteiger partial charge < -0.3 is 9.47 Å². The van der Waals surface area contributed by atoms with Gasteiger partial charge in [-0.05, 0) is 48.4 Å². The van der Waals surface area contributed by atoms with Crippen molar-refractivity contribution in [3.8, 4) is 5.75 Å². The lowest BCUT2D eigenvalue weighted by atomic mass is 10.1. The Kier molecular flexibility index (Phi) is 5.08. The number of hydrogen-bond acceptors (Lipinski definition) is 4. The van der Waals surface area contributed by atoms with Gasteiger partial charge >= 0.3 is 0 Å². The first-order valence-corrected chi connectivity index (χ1v) is 9.37. The van der Waals surface area contributed by atoms with E-state index < -0.39 is 16.1 Å². The van der Waals surface area contributed by atoms with Crippen LogP contribution in [0.15, 0.2) is 47.4 Å². The SMILES string of the molecule is COc1ccc(S(=O)(=O)N2CCOCC2c2ccc(F)cc2)cc1C. The Balaban J connectivity index is 1.98. The number of benzene rings is 2. The van der Waals surface area contributed by atoms with Crippen molar-refractivity contribution in [2.45, 2.75) is 17.9 Å². The van der Waals surface area contributed by atoms with Gasteiger partial charge in [-0.1, -0.05) is 12.1 Å². The Hall–Kier alpha value is -1.96. The first kappa shape index (κ1) is 17.8. The van der Waals surface area contributed by atoms with Crippen LogP contribution in [0.25, 0.3) is 0 Å². The van der Waals surface area contributed by atoms with Crippen LogP contribution in [-0.2, 0) is 14.8 Å². The molecule has 0 amide bonds. The summed E-state index contributed by atoms with van der Waals surface area (Å²) in [6.45, 7) is 2.61. The number of rotatable bonds is 4. The topological polar surface area (TPSA) is 55.8 Å². The molecule has 134 valence electrons. The number of aryl methyl sites for hydroxylation is 1. The molecule has 1 heterocycles. The number of halogens is 1. The molecule has 1 atom stereocenters. The van der Waals surface area contributed by atoms with Crippen molar-refractivity contribution in [2.24, 2.45) is 0 Å². The minimum absolute atomic E-state index is 0.208. The van der Waals surface area contributed by atoms with Gasteiger partial charge in [-0.3, -0.25) is 0 Å². The molecule has 0 N–H and O–H groups in total. The quantitative estimate of drug-likeness (QED) is 0.836. The zero-order valence-corrected chi connectivity index (χ0v) is 14.9. The van der Waals surface area contributed by atoms with Crippen LogP contribution in [0, 0.1) is 12.7 Å². The highest BCUT2D eigenvalue weighted by Gasteiger charge is 2.35. The van der Waals surface area contributed by atoms with Gasteiger partial charge in [0.1, 0.15) is 11.6 Å². The van der Waals surface area contributed by atoms with Crippen LogP contribution in [0.5, 0.6) is 5.75 Å². The molecular formula is C18H20FNO4S. The van der Waals surface area contributed by atoms with Crippen LogP contribution in [0.1, 0.15) is 17.2 Å². The molecule has 2 aromatic rings. The highest BCUT2D eigenvalue weighted by molar-refractivity contribution is 7.89. The fraction of sp³-hybridized carbons (Fsp3) is 0.333. The number of methoxy groups -OCH3 is 1. The van der Waals surface area contributed by atoms with E-state index in [9.17, 15) is 12.8 Å². The van der Waals surface area contributed by atoms with Gasteiger partial charge in [0.15, 0.2) is 0 Å². The third-order valence-electron chi connectivity index (χ3n) is 4.31. The second-order valence-corrected chi connectivity index (χ2v) is 7.78. The van der Waals surface area contributed by atoms with Gasteiger partial charge in [0.25, 0.3) is 0 Å². The Morgan fingerprint density at radius 3 is 2.56 bits per heavy atom. The summed E-state index contributed by atoms with van der Waals surface area (Å²) in [5.74, 6) is 0.275. The van der Waals surface area contributed by atoms with Gasteiger partial charge in [-0.25, -0.2) is 12.8 Å². The second-order valence-electron chi connectivity index (χ2n) is 5.89. The van der Waals surface area contributed by atoms with Gasteiger partial charge in [0.2, 0.25) is 10.0 Å². The molecule has 0 aliphatic carbocycles. The Bertz CT molecular complexity index is 852. The van der Waals surface area contributed by atoms with Crippen LogP contribution < -0.4 is 4.74 Å². The summed E-state index contributed by atoms with van der Waals surface area (Å²) >= 11 is 0. The number of nitrogens with zero attached hydrogens (tertiary/aromatic N) is 1. The lowest BCUT2D eigenvalue weighted by Crippen LogP contribution is -2.43. The molecule has 5 nitrogen and oxygen atoms in total. The Labute approximate surface area is 147 Å². The van der Waals surface area contributed by atoms with E-state index in [0.29, 0.717) is 17.9 Å². The second kappa shape index (κ2) is 7.11. The van der Waals surface area contributed by atoms with E-state index in [0.717, 1.165) is 5.56 Å². The summed E-state index contributed by atoms with van der Waals surface area (Å²) in [4.78, 5) is 0.208. The van der Waals surface area contributed by atoms with Gasteiger partial charge in [-0.15, -0.1) is 0 Å². The van der Waals surface area contributed by atoms with Crippen molar-refractivity contribution < 1.29 is 22.3 Å². The molecule has 1 aliphatic heterocycles. The predicted molar refractivity (Wildman–Crippen MR) is 91.6 cm³/mol. The van der Waals surface area contributed by atoms with Crippen molar-refractivity contribution in [1.82, 2.24) is 4.31 Å². The van der Waals surface area contributed by atoms with Crippen molar-refractivity contribution in [1.29, 1.82) is 0 Å². The molecule has 0 saturated carbocycles. The van der Waals surface area contributed by atoms with E-state index >= 15 is 0 Å². The maximum Gasteiger partial charge on any atom is 0.243 e. The molecule has 0 bridgehead atoms. The highest BCUT2D eigenvalue weighted by Crippen LogP contribution is 2.32. The van der Waals surface area contributed by atoms with Gasteiger partial charge in [0.05, 0.1) is 31.3 Å². The number of morpholine rings is 1. The van der Waals surface area contributed by atoms with Crippen molar-refractivity contribution in [3.05, 3.63) is 59.4 Å². The summed E-state index contributed by atoms with van der Waals surface area (Å²) in [6.07, 6.45) is 0. The summed E-state index contributed by atoms with van der Waals surface area (Å²) in [6, 6.07) is 10.1. The van der Waals surface area contributed by atoms with Crippen LogP contribution in [0.4, 0.5) is 4.39 Å². The summed E-state index contributed by atoms with van der Waals surface area (Å²) in [5.41, 5.74) is 1.45. The van der Waals surface area contributed by atoms with Gasteiger partial charge in [-0.2, -0.15) is 4.31 Å². The van der Waals surface area contributed by atoms with Crippen LogP contribution in [0.3, 0.4) is 0 Å². The van der Waals surface area contributed by atoms with Crippen LogP contribution >= 0.6 is 0 Å². The molecule has 1 fully saturated rings. The zero-order valence-electron chi connectivity index (χ0n) is 14.1. The molecule has 25 heavy (non-hydrogen) atoms. The summed E-state index contributed by atoms with van der Waals surface area (Å²) in [5, 5.41) is 0. The molecule has 2 aromatic carbocycles. The molecule has 0 radical (unpaired) electrons. The smallest absolute Gasteiger partial charge is 0.243 e. The lowest BCUT2D eigenvalue weighted by Gasteiger charge is -2.35. The molecule has 1 unspecified atom stereocenters. The summed E-state index contributed by atoms with van der Waals surface area (Å²) in [7, 11) is -2.17. The first-order valence-electron chi connectivity index (χ1n) is 7.93. The molecule has 0 aromatic heterocycles. The van der Waals surface area contributed by atoms with Crippen LogP contribution in [0.2, 0.25) is 0 Å². The Morgan fingerprint density at radius 1 is 1.20 bits per heavy atom. The zero-order chi connectivity index (χ0) is 18.0. The highest BCUT2D eigenvalue weighted by atomic mass is 32.2. The van der Waals surface area contributed by atoms with E-state index in [1.54, 1.807) is 44.4 Å². The van der Waals surface area contributed by atoms with E-state index in [4.69, 9.17) is 9.47 Å². The van der Waals surface area contributed by atoms with Gasteiger partial charge in [0, 0.05) is 6.54 Å². The fourth-order valence-corrected chi connectivity index (χ4v) is 4.64. The van der Waals surface area contributed by atoms with E-state index in [1.807, 2.05) is 0 Å². The minimum Gasteiger partial charge on any atom is -0.496 e. The maximum absolute atomic E-state index is 13.2. The number of sulfonamides is 1. The monoisotopic (exact) mass is 365 g/mol. The standard InChI is InChI=1S/C18H20FNO4S/c1-13-11-16(7-8-18(13)23-2)25(21,22)20-9-10-24-12-17(20)14-3-5-15(19)6-4-14/h3-8,11,17H,9-10,12H2,1-2H3. The average Bonchev–Trinajstić information content (AvgIpc) is 2.62. The van der Waals surface area contributed by atoms with E-state index in [1.165, 1.54) is 16.4 Å². The normalized spacial score (nSPS) is 18.9. The molecule has 7 heteroatoms. The van der Waals surface area contributed by atoms with E-state index in [2.05, 4.69) is 0 Å². The molecule has 1 aliphatic rings. The third kappa shape index (κ3) is 3.53. The number of hydrogen-bond donors (Lipinski definition) is 0. The molecule has 1 saturated heterocycles. The predicted octanol–water partition coefficient (Wildman–Crippen LogP) is 2.90. The largest absolute Gasteiger partial charge is 0.496 e. The van der Waals surface area contributed by atoms with Crippen molar-refractivity contribution >= 4 is 10.0 Å². The lowest BCUT2D eigenvalue weighted by molar-refractivity contribution is 0.0320. The molecule has 3 rings (SSSR count). The van der Waals surface area contributed by atoms with Crippen molar-refractivity contribution in [2.75, 3.05) is 26.9 Å². The van der Waals surface area contributed by atoms with E-state index in [-0.39, 0.29) is 23.9 Å². The summed E-state index contributed by atoms with van der Waals surface area (Å²) < 4.78 is 51.6. The third-order valence-corrected chi connectivity index (χ3v) is 6.21.